The van der Waals surface area contributed by atoms with Crippen LogP contribution in [0.5, 0.6) is 0 Å². The molecule has 0 saturated carbocycles. The van der Waals surface area contributed by atoms with Gasteiger partial charge in [0.1, 0.15) is 11.5 Å². The first kappa shape index (κ1) is 15.3. The van der Waals surface area contributed by atoms with Crippen LogP contribution < -0.4 is 5.32 Å². The van der Waals surface area contributed by atoms with Crippen molar-refractivity contribution in [2.75, 3.05) is 5.32 Å². The SMILES string of the molecule is Cc1cc(-c2cccnc2)c(C)c(C(=O)Nc2csc(C)n2)n1. The molecule has 0 aliphatic heterocycles. The quantitative estimate of drug-likeness (QED) is 0.796. The second-order valence-electron chi connectivity index (χ2n) is 5.23. The van der Waals surface area contributed by atoms with E-state index in [2.05, 4.69) is 20.3 Å². The molecule has 1 N–H and O–H groups in total. The summed E-state index contributed by atoms with van der Waals surface area (Å²) in [6.45, 7) is 5.68. The Morgan fingerprint density at radius 3 is 2.70 bits per heavy atom. The topological polar surface area (TPSA) is 67.8 Å². The molecule has 5 nitrogen and oxygen atoms in total. The van der Waals surface area contributed by atoms with Gasteiger partial charge in [0.25, 0.3) is 5.91 Å². The summed E-state index contributed by atoms with van der Waals surface area (Å²) in [7, 11) is 0. The van der Waals surface area contributed by atoms with Crippen molar-refractivity contribution in [3.05, 3.63) is 57.9 Å². The molecule has 3 rings (SSSR count). The molecule has 0 aliphatic rings. The molecule has 3 heterocycles. The van der Waals surface area contributed by atoms with E-state index >= 15 is 0 Å². The summed E-state index contributed by atoms with van der Waals surface area (Å²) in [5, 5.41) is 5.54. The molecule has 0 spiro atoms. The third-order valence-corrected chi connectivity index (χ3v) is 4.22. The lowest BCUT2D eigenvalue weighted by molar-refractivity contribution is 0.102. The molecule has 3 aromatic rings. The lowest BCUT2D eigenvalue weighted by Gasteiger charge is -2.12. The first-order valence-corrected chi connectivity index (χ1v) is 8.04. The summed E-state index contributed by atoms with van der Waals surface area (Å²) >= 11 is 1.49. The van der Waals surface area contributed by atoms with Crippen LogP contribution in [0.2, 0.25) is 0 Å². The number of aromatic nitrogens is 3. The standard InChI is InChI=1S/C17H16N4OS/c1-10-7-14(13-5-4-6-18-8-13)11(2)16(19-10)17(22)21-15-9-23-12(3)20-15/h4-9H,1-3H3,(H,21,22). The van der Waals surface area contributed by atoms with Gasteiger partial charge in [-0.1, -0.05) is 6.07 Å². The number of thiazole rings is 1. The van der Waals surface area contributed by atoms with Crippen LogP contribution in [-0.2, 0) is 0 Å². The van der Waals surface area contributed by atoms with Crippen molar-refractivity contribution in [3.8, 4) is 11.1 Å². The molecule has 0 saturated heterocycles. The monoisotopic (exact) mass is 324 g/mol. The van der Waals surface area contributed by atoms with E-state index in [1.54, 1.807) is 12.4 Å². The molecule has 116 valence electrons. The Labute approximate surface area is 138 Å². The van der Waals surface area contributed by atoms with Crippen LogP contribution in [0, 0.1) is 20.8 Å². The van der Waals surface area contributed by atoms with Crippen LogP contribution in [0.15, 0.2) is 36.0 Å². The predicted molar refractivity (Wildman–Crippen MR) is 91.7 cm³/mol. The van der Waals surface area contributed by atoms with Gasteiger partial charge < -0.3 is 5.32 Å². The van der Waals surface area contributed by atoms with Gasteiger partial charge in [-0.25, -0.2) is 9.97 Å². The number of aryl methyl sites for hydroxylation is 2. The Hall–Kier alpha value is -2.60. The minimum atomic E-state index is -0.248. The average Bonchev–Trinajstić information content (AvgIpc) is 2.95. The average molecular weight is 324 g/mol. The summed E-state index contributed by atoms with van der Waals surface area (Å²) in [5.41, 5.74) is 3.95. The Morgan fingerprint density at radius 1 is 1.22 bits per heavy atom. The predicted octanol–water partition coefficient (Wildman–Crippen LogP) is 3.78. The van der Waals surface area contributed by atoms with Gasteiger partial charge in [0.05, 0.1) is 5.01 Å². The summed E-state index contributed by atoms with van der Waals surface area (Å²) < 4.78 is 0. The number of carbonyl (C=O) groups excluding carboxylic acids is 1. The van der Waals surface area contributed by atoms with E-state index in [1.165, 1.54) is 11.3 Å². The van der Waals surface area contributed by atoms with Gasteiger partial charge in [0, 0.05) is 29.0 Å². The van der Waals surface area contributed by atoms with E-state index in [4.69, 9.17) is 0 Å². The number of rotatable bonds is 3. The van der Waals surface area contributed by atoms with Crippen LogP contribution in [0.25, 0.3) is 11.1 Å². The third-order valence-electron chi connectivity index (χ3n) is 3.45. The van der Waals surface area contributed by atoms with Crippen LogP contribution >= 0.6 is 11.3 Å². The van der Waals surface area contributed by atoms with Gasteiger partial charge in [0.15, 0.2) is 0 Å². The third kappa shape index (κ3) is 3.27. The van der Waals surface area contributed by atoms with E-state index in [9.17, 15) is 4.79 Å². The highest BCUT2D eigenvalue weighted by atomic mass is 32.1. The van der Waals surface area contributed by atoms with Gasteiger partial charge in [-0.05, 0) is 44.0 Å². The summed E-state index contributed by atoms with van der Waals surface area (Å²) in [6.07, 6.45) is 3.51. The van der Waals surface area contributed by atoms with Gasteiger partial charge in [-0.3, -0.25) is 9.78 Å². The fourth-order valence-electron chi connectivity index (χ4n) is 2.38. The first-order chi connectivity index (χ1) is 11.0. The Balaban J connectivity index is 1.99. The molecule has 0 atom stereocenters. The molecular formula is C17H16N4OS. The number of anilines is 1. The van der Waals surface area contributed by atoms with Crippen molar-refractivity contribution in [2.45, 2.75) is 20.8 Å². The molecule has 0 bridgehead atoms. The van der Waals surface area contributed by atoms with Crippen LogP contribution in [0.4, 0.5) is 5.82 Å². The fourth-order valence-corrected chi connectivity index (χ4v) is 2.92. The Bertz CT molecular complexity index is 858. The minimum absolute atomic E-state index is 0.248. The molecule has 0 unspecified atom stereocenters. The van der Waals surface area contributed by atoms with E-state index in [1.807, 2.05) is 44.4 Å². The lowest BCUT2D eigenvalue weighted by Crippen LogP contribution is -2.16. The lowest BCUT2D eigenvalue weighted by atomic mass is 10.00. The molecule has 0 aromatic carbocycles. The van der Waals surface area contributed by atoms with Crippen molar-refractivity contribution >= 4 is 23.1 Å². The first-order valence-electron chi connectivity index (χ1n) is 7.16. The van der Waals surface area contributed by atoms with E-state index in [0.717, 1.165) is 27.4 Å². The zero-order valence-corrected chi connectivity index (χ0v) is 13.9. The van der Waals surface area contributed by atoms with Crippen molar-refractivity contribution in [1.82, 2.24) is 15.0 Å². The number of amides is 1. The number of hydrogen-bond donors (Lipinski definition) is 1. The van der Waals surface area contributed by atoms with Crippen molar-refractivity contribution < 1.29 is 4.79 Å². The molecular weight excluding hydrogens is 308 g/mol. The zero-order chi connectivity index (χ0) is 16.4. The summed E-state index contributed by atoms with van der Waals surface area (Å²) in [4.78, 5) is 25.4. The van der Waals surface area contributed by atoms with E-state index < -0.39 is 0 Å². The molecule has 23 heavy (non-hydrogen) atoms. The van der Waals surface area contributed by atoms with Gasteiger partial charge in [-0.2, -0.15) is 0 Å². The second-order valence-corrected chi connectivity index (χ2v) is 6.29. The normalized spacial score (nSPS) is 10.6. The zero-order valence-electron chi connectivity index (χ0n) is 13.1. The van der Waals surface area contributed by atoms with E-state index in [-0.39, 0.29) is 5.91 Å². The van der Waals surface area contributed by atoms with E-state index in [0.29, 0.717) is 11.5 Å². The smallest absolute Gasteiger partial charge is 0.275 e. The summed E-state index contributed by atoms with van der Waals surface area (Å²) in [5.74, 6) is 0.310. The van der Waals surface area contributed by atoms with Crippen molar-refractivity contribution in [2.24, 2.45) is 0 Å². The van der Waals surface area contributed by atoms with Crippen molar-refractivity contribution in [3.63, 3.8) is 0 Å². The van der Waals surface area contributed by atoms with Crippen LogP contribution in [0.1, 0.15) is 26.8 Å². The molecule has 3 aromatic heterocycles. The van der Waals surface area contributed by atoms with Crippen molar-refractivity contribution in [1.29, 1.82) is 0 Å². The van der Waals surface area contributed by atoms with Crippen LogP contribution in [0.3, 0.4) is 0 Å². The largest absolute Gasteiger partial charge is 0.304 e. The maximum Gasteiger partial charge on any atom is 0.275 e. The highest BCUT2D eigenvalue weighted by Gasteiger charge is 2.17. The van der Waals surface area contributed by atoms with Gasteiger partial charge in [-0.15, -0.1) is 11.3 Å². The minimum Gasteiger partial charge on any atom is -0.304 e. The summed E-state index contributed by atoms with van der Waals surface area (Å²) in [6, 6.07) is 5.82. The van der Waals surface area contributed by atoms with Gasteiger partial charge >= 0.3 is 0 Å². The molecule has 1 amide bonds. The number of nitrogens with one attached hydrogen (secondary N) is 1. The number of hydrogen-bond acceptors (Lipinski definition) is 5. The number of carbonyl (C=O) groups is 1. The molecule has 0 aliphatic carbocycles. The molecule has 0 radical (unpaired) electrons. The maximum absolute atomic E-state index is 12.6. The second kappa shape index (κ2) is 6.26. The maximum atomic E-state index is 12.6. The van der Waals surface area contributed by atoms with Gasteiger partial charge in [0.2, 0.25) is 0 Å². The number of pyridine rings is 2. The van der Waals surface area contributed by atoms with Crippen LogP contribution in [-0.4, -0.2) is 20.9 Å². The number of nitrogens with zero attached hydrogens (tertiary/aromatic N) is 3. The Kier molecular flexibility index (Phi) is 4.16. The highest BCUT2D eigenvalue weighted by molar-refractivity contribution is 7.09. The highest BCUT2D eigenvalue weighted by Crippen LogP contribution is 2.25. The molecule has 6 heteroatoms. The Morgan fingerprint density at radius 2 is 2.04 bits per heavy atom. The molecule has 0 fully saturated rings. The fraction of sp³-hybridized carbons (Fsp3) is 0.176.